The van der Waals surface area contributed by atoms with Crippen LogP contribution in [0.4, 0.5) is 10.1 Å². The van der Waals surface area contributed by atoms with Gasteiger partial charge in [-0.05, 0) is 25.0 Å². The van der Waals surface area contributed by atoms with Crippen LogP contribution in [0.1, 0.15) is 47.8 Å². The quantitative estimate of drug-likeness (QED) is 0.842. The number of nitrogen functional groups attached to an aromatic ring is 1. The van der Waals surface area contributed by atoms with Crippen molar-refractivity contribution in [1.82, 2.24) is 20.1 Å². The highest BCUT2D eigenvalue weighted by atomic mass is 35.5. The Morgan fingerprint density at radius 2 is 2.35 bits per heavy atom. The Kier molecular flexibility index (Phi) is 4.21. The molecule has 1 atom stereocenters. The van der Waals surface area contributed by atoms with E-state index in [4.69, 9.17) is 17.3 Å². The molecule has 3 rings (SSSR count). The van der Waals surface area contributed by atoms with Gasteiger partial charge in [-0.2, -0.15) is 5.10 Å². The van der Waals surface area contributed by atoms with E-state index in [1.165, 1.54) is 6.07 Å². The summed E-state index contributed by atoms with van der Waals surface area (Å²) < 4.78 is 15.5. The van der Waals surface area contributed by atoms with Crippen LogP contribution < -0.4 is 11.1 Å². The van der Waals surface area contributed by atoms with E-state index in [9.17, 15) is 9.18 Å². The second-order valence-corrected chi connectivity index (χ2v) is 5.92. The molecule has 122 valence electrons. The number of carbonyl (C=O) groups is 1. The SMILES string of the molecule is CCc1nc2n(n1)CCCC2NC(=O)c1cc(Cl)cc(F)c1N. The zero-order valence-corrected chi connectivity index (χ0v) is 13.4. The summed E-state index contributed by atoms with van der Waals surface area (Å²) >= 11 is 5.81. The normalized spacial score (nSPS) is 16.9. The monoisotopic (exact) mass is 337 g/mol. The molecule has 2 heterocycles. The van der Waals surface area contributed by atoms with E-state index in [0.29, 0.717) is 0 Å². The molecule has 0 spiro atoms. The first-order valence-corrected chi connectivity index (χ1v) is 7.86. The van der Waals surface area contributed by atoms with E-state index in [2.05, 4.69) is 15.4 Å². The molecule has 2 aromatic rings. The fourth-order valence-corrected chi connectivity index (χ4v) is 2.90. The number of nitrogens with two attached hydrogens (primary N) is 1. The number of carbonyl (C=O) groups excluding carboxylic acids is 1. The number of aryl methyl sites for hydroxylation is 2. The minimum absolute atomic E-state index is 0.0300. The van der Waals surface area contributed by atoms with E-state index in [-0.39, 0.29) is 22.3 Å². The topological polar surface area (TPSA) is 85.8 Å². The van der Waals surface area contributed by atoms with Crippen molar-refractivity contribution >= 4 is 23.2 Å². The van der Waals surface area contributed by atoms with Gasteiger partial charge in [-0.15, -0.1) is 0 Å². The molecular weight excluding hydrogens is 321 g/mol. The number of nitrogens with one attached hydrogen (secondary N) is 1. The Morgan fingerprint density at radius 3 is 3.09 bits per heavy atom. The van der Waals surface area contributed by atoms with Gasteiger partial charge >= 0.3 is 0 Å². The van der Waals surface area contributed by atoms with Crippen LogP contribution in [-0.4, -0.2) is 20.7 Å². The molecule has 1 aliphatic rings. The highest BCUT2D eigenvalue weighted by Crippen LogP contribution is 2.26. The van der Waals surface area contributed by atoms with Crippen molar-refractivity contribution < 1.29 is 9.18 Å². The van der Waals surface area contributed by atoms with E-state index < -0.39 is 11.7 Å². The molecule has 6 nitrogen and oxygen atoms in total. The molecule has 0 aliphatic carbocycles. The summed E-state index contributed by atoms with van der Waals surface area (Å²) in [6.45, 7) is 2.76. The number of fused-ring (bicyclic) bond motifs is 1. The Bertz CT molecular complexity index is 761. The molecule has 8 heteroatoms. The minimum Gasteiger partial charge on any atom is -0.396 e. The third kappa shape index (κ3) is 3.01. The van der Waals surface area contributed by atoms with Gasteiger partial charge < -0.3 is 11.1 Å². The van der Waals surface area contributed by atoms with Crippen LogP contribution in [0.25, 0.3) is 0 Å². The van der Waals surface area contributed by atoms with Gasteiger partial charge in [0.05, 0.1) is 17.3 Å². The Balaban J connectivity index is 1.86. The zero-order valence-electron chi connectivity index (χ0n) is 12.6. The second-order valence-electron chi connectivity index (χ2n) is 5.48. The van der Waals surface area contributed by atoms with Crippen molar-refractivity contribution in [3.8, 4) is 0 Å². The molecule has 0 fully saturated rings. The molecule has 1 aromatic carbocycles. The summed E-state index contributed by atoms with van der Waals surface area (Å²) in [6.07, 6.45) is 2.35. The predicted octanol–water partition coefficient (Wildman–Crippen LogP) is 2.48. The molecule has 3 N–H and O–H groups in total. The molecule has 23 heavy (non-hydrogen) atoms. The number of rotatable bonds is 3. The summed E-state index contributed by atoms with van der Waals surface area (Å²) in [4.78, 5) is 16.9. The van der Waals surface area contributed by atoms with Crippen LogP contribution in [0.3, 0.4) is 0 Å². The second kappa shape index (κ2) is 6.16. The first kappa shape index (κ1) is 15.7. The van der Waals surface area contributed by atoms with Gasteiger partial charge in [0.1, 0.15) is 11.6 Å². The van der Waals surface area contributed by atoms with Crippen LogP contribution in [0.15, 0.2) is 12.1 Å². The largest absolute Gasteiger partial charge is 0.396 e. The van der Waals surface area contributed by atoms with E-state index in [1.54, 1.807) is 0 Å². The van der Waals surface area contributed by atoms with Crippen molar-refractivity contribution in [2.75, 3.05) is 5.73 Å². The molecule has 1 aliphatic heterocycles. The number of benzene rings is 1. The number of hydrogen-bond acceptors (Lipinski definition) is 4. The summed E-state index contributed by atoms with van der Waals surface area (Å²) in [5.41, 5.74) is 5.47. The lowest BCUT2D eigenvalue weighted by atomic mass is 10.1. The molecule has 0 bridgehead atoms. The van der Waals surface area contributed by atoms with Crippen molar-refractivity contribution in [2.45, 2.75) is 38.8 Å². The number of hydrogen-bond donors (Lipinski definition) is 2. The lowest BCUT2D eigenvalue weighted by Gasteiger charge is -2.23. The smallest absolute Gasteiger partial charge is 0.254 e. The summed E-state index contributed by atoms with van der Waals surface area (Å²) in [5, 5.41) is 7.38. The summed E-state index contributed by atoms with van der Waals surface area (Å²) in [7, 11) is 0. The summed E-state index contributed by atoms with van der Waals surface area (Å²) in [6, 6.07) is 2.17. The fourth-order valence-electron chi connectivity index (χ4n) is 2.69. The predicted molar refractivity (Wildman–Crippen MR) is 84.7 cm³/mol. The van der Waals surface area contributed by atoms with Gasteiger partial charge in [0.15, 0.2) is 5.82 Å². The molecule has 0 radical (unpaired) electrons. The highest BCUT2D eigenvalue weighted by molar-refractivity contribution is 6.31. The van der Waals surface area contributed by atoms with E-state index >= 15 is 0 Å². The van der Waals surface area contributed by atoms with Gasteiger partial charge in [0.25, 0.3) is 5.91 Å². The van der Waals surface area contributed by atoms with Crippen molar-refractivity contribution in [1.29, 1.82) is 0 Å². The van der Waals surface area contributed by atoms with Crippen LogP contribution in [0.5, 0.6) is 0 Å². The van der Waals surface area contributed by atoms with Gasteiger partial charge in [-0.3, -0.25) is 4.79 Å². The maximum absolute atomic E-state index is 13.7. The van der Waals surface area contributed by atoms with Gasteiger partial charge in [-0.1, -0.05) is 18.5 Å². The third-order valence-electron chi connectivity index (χ3n) is 3.88. The third-order valence-corrected chi connectivity index (χ3v) is 4.10. The van der Waals surface area contributed by atoms with Crippen LogP contribution in [-0.2, 0) is 13.0 Å². The zero-order chi connectivity index (χ0) is 16.6. The minimum atomic E-state index is -0.706. The van der Waals surface area contributed by atoms with Gasteiger partial charge in [0, 0.05) is 18.0 Å². The standard InChI is InChI=1S/C15H17ClFN5O/c1-2-12-20-14-11(4-3-5-22(14)21-12)19-15(23)9-6-8(16)7-10(17)13(9)18/h6-7,11H,2-5,18H2,1H3,(H,19,23). The number of aromatic nitrogens is 3. The molecule has 0 saturated carbocycles. The van der Waals surface area contributed by atoms with Gasteiger partial charge in [0.2, 0.25) is 0 Å². The molecular formula is C15H17ClFN5O. The fraction of sp³-hybridized carbons (Fsp3) is 0.400. The summed E-state index contributed by atoms with van der Waals surface area (Å²) in [5.74, 6) is 0.295. The lowest BCUT2D eigenvalue weighted by Crippen LogP contribution is -2.33. The number of halogens is 2. The average molecular weight is 338 g/mol. The highest BCUT2D eigenvalue weighted by Gasteiger charge is 2.26. The van der Waals surface area contributed by atoms with Crippen molar-refractivity contribution in [3.05, 3.63) is 40.2 Å². The number of nitrogens with zero attached hydrogens (tertiary/aromatic N) is 3. The number of amides is 1. The van der Waals surface area contributed by atoms with Crippen LogP contribution in [0.2, 0.25) is 5.02 Å². The van der Waals surface area contributed by atoms with Crippen molar-refractivity contribution in [2.24, 2.45) is 0 Å². The van der Waals surface area contributed by atoms with Crippen LogP contribution >= 0.6 is 11.6 Å². The lowest BCUT2D eigenvalue weighted by molar-refractivity contribution is 0.0928. The van der Waals surface area contributed by atoms with Crippen molar-refractivity contribution in [3.63, 3.8) is 0 Å². The van der Waals surface area contributed by atoms with E-state index in [1.807, 2.05) is 11.6 Å². The molecule has 1 unspecified atom stereocenters. The van der Waals surface area contributed by atoms with E-state index in [0.717, 1.165) is 43.5 Å². The molecule has 1 amide bonds. The first-order valence-electron chi connectivity index (χ1n) is 7.48. The molecule has 1 aromatic heterocycles. The average Bonchev–Trinajstić information content (AvgIpc) is 2.95. The Hall–Kier alpha value is -2.15. The first-order chi connectivity index (χ1) is 11.0. The molecule has 0 saturated heterocycles. The Labute approximate surface area is 137 Å². The van der Waals surface area contributed by atoms with Gasteiger partial charge in [-0.25, -0.2) is 14.1 Å². The van der Waals surface area contributed by atoms with Crippen LogP contribution in [0, 0.1) is 5.82 Å². The maximum Gasteiger partial charge on any atom is 0.254 e. The maximum atomic E-state index is 13.7. The Morgan fingerprint density at radius 1 is 1.57 bits per heavy atom. The number of anilines is 1.